The van der Waals surface area contributed by atoms with Gasteiger partial charge in [0.05, 0.1) is 19.1 Å². The fourth-order valence-corrected chi connectivity index (χ4v) is 3.48. The molecule has 24 heavy (non-hydrogen) atoms. The van der Waals surface area contributed by atoms with E-state index >= 15 is 0 Å². The summed E-state index contributed by atoms with van der Waals surface area (Å²) in [6.45, 7) is 1.55. The lowest BCUT2D eigenvalue weighted by molar-refractivity contribution is -0.116. The van der Waals surface area contributed by atoms with E-state index in [1.54, 1.807) is 68.6 Å². The second-order valence-corrected chi connectivity index (χ2v) is 7.15. The Hall–Kier alpha value is -2.54. The number of carbonyl (C=O) groups is 1. The SMILES string of the molecule is COc1ccc(NC(=O)[C@@H](C)N(c2ccccc2)S(C)(=O)=O)cc1. The van der Waals surface area contributed by atoms with Crippen molar-refractivity contribution < 1.29 is 17.9 Å². The van der Waals surface area contributed by atoms with Gasteiger partial charge in [-0.1, -0.05) is 18.2 Å². The van der Waals surface area contributed by atoms with Crippen LogP contribution < -0.4 is 14.4 Å². The molecule has 1 atom stereocenters. The van der Waals surface area contributed by atoms with Crippen LogP contribution in [0.15, 0.2) is 54.6 Å². The first-order valence-electron chi connectivity index (χ1n) is 7.32. The van der Waals surface area contributed by atoms with Crippen LogP contribution in [0.3, 0.4) is 0 Å². The summed E-state index contributed by atoms with van der Waals surface area (Å²) in [5.41, 5.74) is 1.01. The largest absolute Gasteiger partial charge is 0.497 e. The minimum Gasteiger partial charge on any atom is -0.497 e. The first kappa shape index (κ1) is 17.8. The monoisotopic (exact) mass is 348 g/mol. The van der Waals surface area contributed by atoms with Crippen molar-refractivity contribution in [2.45, 2.75) is 13.0 Å². The van der Waals surface area contributed by atoms with Crippen LogP contribution in [0.1, 0.15) is 6.92 Å². The number of hydrogen-bond donors (Lipinski definition) is 1. The smallest absolute Gasteiger partial charge is 0.247 e. The number of ether oxygens (including phenoxy) is 1. The molecule has 0 radical (unpaired) electrons. The maximum Gasteiger partial charge on any atom is 0.247 e. The van der Waals surface area contributed by atoms with Crippen molar-refractivity contribution in [3.8, 4) is 5.75 Å². The summed E-state index contributed by atoms with van der Waals surface area (Å²) >= 11 is 0. The van der Waals surface area contributed by atoms with Gasteiger partial charge in [-0.25, -0.2) is 8.42 Å². The number of nitrogens with one attached hydrogen (secondary N) is 1. The molecular weight excluding hydrogens is 328 g/mol. The molecule has 0 heterocycles. The zero-order chi connectivity index (χ0) is 17.7. The lowest BCUT2D eigenvalue weighted by Gasteiger charge is -2.28. The van der Waals surface area contributed by atoms with Crippen molar-refractivity contribution in [2.75, 3.05) is 23.0 Å². The third-order valence-corrected chi connectivity index (χ3v) is 4.70. The molecule has 0 aliphatic rings. The quantitative estimate of drug-likeness (QED) is 0.870. The van der Waals surface area contributed by atoms with Gasteiger partial charge in [0.2, 0.25) is 15.9 Å². The number of hydrogen-bond acceptors (Lipinski definition) is 4. The highest BCUT2D eigenvalue weighted by Crippen LogP contribution is 2.21. The highest BCUT2D eigenvalue weighted by Gasteiger charge is 2.28. The number of rotatable bonds is 6. The number of methoxy groups -OCH3 is 1. The van der Waals surface area contributed by atoms with Gasteiger partial charge in [0.15, 0.2) is 0 Å². The normalized spacial score (nSPS) is 12.3. The Bertz CT molecular complexity index is 789. The van der Waals surface area contributed by atoms with E-state index in [0.717, 1.165) is 10.6 Å². The van der Waals surface area contributed by atoms with Crippen LogP contribution in [0.25, 0.3) is 0 Å². The van der Waals surface area contributed by atoms with Gasteiger partial charge in [0, 0.05) is 5.69 Å². The lowest BCUT2D eigenvalue weighted by atomic mass is 10.2. The Balaban J connectivity index is 2.22. The molecule has 7 heteroatoms. The molecule has 2 aromatic carbocycles. The van der Waals surface area contributed by atoms with E-state index in [-0.39, 0.29) is 0 Å². The van der Waals surface area contributed by atoms with E-state index in [0.29, 0.717) is 17.1 Å². The summed E-state index contributed by atoms with van der Waals surface area (Å²) < 4.78 is 30.5. The van der Waals surface area contributed by atoms with E-state index in [4.69, 9.17) is 4.74 Å². The molecule has 0 bridgehead atoms. The molecule has 0 spiro atoms. The van der Waals surface area contributed by atoms with Gasteiger partial charge in [-0.3, -0.25) is 9.10 Å². The van der Waals surface area contributed by atoms with Crippen LogP contribution in [0.4, 0.5) is 11.4 Å². The molecule has 0 unspecified atom stereocenters. The summed E-state index contributed by atoms with van der Waals surface area (Å²) in [4.78, 5) is 12.5. The van der Waals surface area contributed by atoms with E-state index in [2.05, 4.69) is 5.32 Å². The third kappa shape index (κ3) is 4.26. The van der Waals surface area contributed by atoms with Gasteiger partial charge in [-0.2, -0.15) is 0 Å². The van der Waals surface area contributed by atoms with Gasteiger partial charge in [0.1, 0.15) is 11.8 Å². The van der Waals surface area contributed by atoms with Crippen molar-refractivity contribution in [1.82, 2.24) is 0 Å². The number of amides is 1. The number of anilines is 2. The molecule has 0 aliphatic carbocycles. The fourth-order valence-electron chi connectivity index (χ4n) is 2.30. The zero-order valence-corrected chi connectivity index (χ0v) is 14.6. The van der Waals surface area contributed by atoms with Crippen LogP contribution in [-0.2, 0) is 14.8 Å². The van der Waals surface area contributed by atoms with Gasteiger partial charge in [-0.15, -0.1) is 0 Å². The molecule has 0 aliphatic heterocycles. The van der Waals surface area contributed by atoms with Crippen molar-refractivity contribution in [3.63, 3.8) is 0 Å². The fraction of sp³-hybridized carbons (Fsp3) is 0.235. The average Bonchev–Trinajstić information content (AvgIpc) is 2.55. The summed E-state index contributed by atoms with van der Waals surface area (Å²) in [7, 11) is -2.06. The summed E-state index contributed by atoms with van der Waals surface area (Å²) in [6, 6.07) is 14.4. The molecule has 2 rings (SSSR count). The second-order valence-electron chi connectivity index (χ2n) is 5.29. The highest BCUT2D eigenvalue weighted by molar-refractivity contribution is 7.92. The molecule has 1 N–H and O–H groups in total. The first-order chi connectivity index (χ1) is 11.3. The Morgan fingerprint density at radius 1 is 1.08 bits per heavy atom. The Kier molecular flexibility index (Phi) is 5.46. The molecule has 0 aromatic heterocycles. The Morgan fingerprint density at radius 2 is 1.67 bits per heavy atom. The Labute approximate surface area is 142 Å². The van der Waals surface area contributed by atoms with Gasteiger partial charge in [0.25, 0.3) is 0 Å². The topological polar surface area (TPSA) is 75.7 Å². The molecule has 2 aromatic rings. The number of carbonyl (C=O) groups excluding carboxylic acids is 1. The van der Waals surface area contributed by atoms with Crippen molar-refractivity contribution in [1.29, 1.82) is 0 Å². The third-order valence-electron chi connectivity index (χ3n) is 3.46. The standard InChI is InChI=1S/C17H20N2O4S/c1-13(17(20)18-14-9-11-16(23-2)12-10-14)19(24(3,21)22)15-7-5-4-6-8-15/h4-13H,1-3H3,(H,18,20)/t13-/m1/s1. The summed E-state index contributed by atoms with van der Waals surface area (Å²) in [5.74, 6) is 0.248. The van der Waals surface area contributed by atoms with Gasteiger partial charge in [-0.05, 0) is 43.3 Å². The minimum atomic E-state index is -3.61. The average molecular weight is 348 g/mol. The predicted octanol–water partition coefficient (Wildman–Crippen LogP) is 2.49. The van der Waals surface area contributed by atoms with Crippen molar-refractivity contribution in [2.24, 2.45) is 0 Å². The van der Waals surface area contributed by atoms with E-state index < -0.39 is 22.0 Å². The minimum absolute atomic E-state index is 0.422. The maximum absolute atomic E-state index is 12.5. The van der Waals surface area contributed by atoms with Gasteiger partial charge >= 0.3 is 0 Å². The number of nitrogens with zero attached hydrogens (tertiary/aromatic N) is 1. The van der Waals surface area contributed by atoms with Crippen molar-refractivity contribution >= 4 is 27.3 Å². The second kappa shape index (κ2) is 7.35. The summed E-state index contributed by atoms with van der Waals surface area (Å²) in [5, 5.41) is 2.71. The van der Waals surface area contributed by atoms with Gasteiger partial charge < -0.3 is 10.1 Å². The Morgan fingerprint density at radius 3 is 2.17 bits per heavy atom. The molecule has 0 saturated carbocycles. The molecule has 128 valence electrons. The molecule has 1 amide bonds. The van der Waals surface area contributed by atoms with E-state index in [9.17, 15) is 13.2 Å². The van der Waals surface area contributed by atoms with Crippen LogP contribution in [0.2, 0.25) is 0 Å². The van der Waals surface area contributed by atoms with Crippen LogP contribution in [0.5, 0.6) is 5.75 Å². The van der Waals surface area contributed by atoms with Crippen LogP contribution in [-0.4, -0.2) is 33.7 Å². The molecule has 0 saturated heterocycles. The first-order valence-corrected chi connectivity index (χ1v) is 9.17. The van der Waals surface area contributed by atoms with Crippen molar-refractivity contribution in [3.05, 3.63) is 54.6 Å². The number of benzene rings is 2. The molecule has 0 fully saturated rings. The molecular formula is C17H20N2O4S. The molecule has 6 nitrogen and oxygen atoms in total. The predicted molar refractivity (Wildman–Crippen MR) is 94.9 cm³/mol. The highest BCUT2D eigenvalue weighted by atomic mass is 32.2. The van der Waals surface area contributed by atoms with Crippen LogP contribution >= 0.6 is 0 Å². The van der Waals surface area contributed by atoms with E-state index in [1.807, 2.05) is 0 Å². The number of para-hydroxylation sites is 1. The maximum atomic E-state index is 12.5. The summed E-state index contributed by atoms with van der Waals surface area (Å²) in [6.07, 6.45) is 1.08. The lowest BCUT2D eigenvalue weighted by Crippen LogP contribution is -2.45. The number of sulfonamides is 1. The van der Waals surface area contributed by atoms with E-state index in [1.165, 1.54) is 0 Å². The zero-order valence-electron chi connectivity index (χ0n) is 13.8. The van der Waals surface area contributed by atoms with Crippen LogP contribution in [0, 0.1) is 0 Å².